The maximum atomic E-state index is 14.9. The molecule has 2 amide bonds. The first kappa shape index (κ1) is 21.9. The summed E-state index contributed by atoms with van der Waals surface area (Å²) in [5.74, 6) is -0.804. The molecule has 2 saturated heterocycles. The number of hydrogen-bond donors (Lipinski definition) is 1. The lowest BCUT2D eigenvalue weighted by molar-refractivity contribution is -0.141. The number of nitrogens with one attached hydrogen (secondary N) is 1. The summed E-state index contributed by atoms with van der Waals surface area (Å²) in [5.41, 5.74) is -0.346. The van der Waals surface area contributed by atoms with E-state index < -0.39 is 29.9 Å². The first-order valence-corrected chi connectivity index (χ1v) is 10.0. The number of ether oxygens (including phenoxy) is 1. The van der Waals surface area contributed by atoms with Crippen molar-refractivity contribution in [2.24, 2.45) is 0 Å². The maximum absolute atomic E-state index is 14.9. The number of anilines is 2. The molecule has 1 N–H and O–H groups in total. The van der Waals surface area contributed by atoms with Crippen LogP contribution in [0.1, 0.15) is 25.1 Å². The molecule has 3 heterocycles. The summed E-state index contributed by atoms with van der Waals surface area (Å²) in [7, 11) is 0. The maximum Gasteiger partial charge on any atom is 0.435 e. The molecule has 2 fully saturated rings. The standard InChI is InChI=1S/C20H21F4N5O3/c1-12(30)25-9-15-11-28(19(31)32-15)13-2-3-17(16(21)8-13)27-6-4-14(10-27)29-7-5-18(26-29)20(22,23)24/h2-3,5,7-8,14-15H,4,6,9-11H2,1H3,(H,25,30). The van der Waals surface area contributed by atoms with E-state index in [2.05, 4.69) is 10.4 Å². The lowest BCUT2D eigenvalue weighted by atomic mass is 10.2. The minimum Gasteiger partial charge on any atom is -0.442 e. The molecule has 1 aromatic carbocycles. The van der Waals surface area contributed by atoms with Gasteiger partial charge in [-0.05, 0) is 30.7 Å². The lowest BCUT2D eigenvalue weighted by Crippen LogP contribution is -2.33. The van der Waals surface area contributed by atoms with E-state index in [1.54, 1.807) is 11.0 Å². The Morgan fingerprint density at radius 1 is 1.28 bits per heavy atom. The van der Waals surface area contributed by atoms with Crippen molar-refractivity contribution >= 4 is 23.4 Å². The highest BCUT2D eigenvalue weighted by Gasteiger charge is 2.36. The Morgan fingerprint density at radius 2 is 2.06 bits per heavy atom. The van der Waals surface area contributed by atoms with Gasteiger partial charge in [-0.25, -0.2) is 9.18 Å². The van der Waals surface area contributed by atoms with Gasteiger partial charge in [-0.3, -0.25) is 14.4 Å². The highest BCUT2D eigenvalue weighted by molar-refractivity contribution is 5.90. The van der Waals surface area contributed by atoms with Crippen LogP contribution in [0.5, 0.6) is 0 Å². The zero-order valence-electron chi connectivity index (χ0n) is 17.1. The number of amides is 2. The van der Waals surface area contributed by atoms with Crippen molar-refractivity contribution in [2.45, 2.75) is 31.7 Å². The highest BCUT2D eigenvalue weighted by Crippen LogP contribution is 2.33. The smallest absolute Gasteiger partial charge is 0.435 e. The van der Waals surface area contributed by atoms with Gasteiger partial charge in [0.15, 0.2) is 5.69 Å². The second-order valence-electron chi connectivity index (χ2n) is 7.76. The quantitative estimate of drug-likeness (QED) is 0.702. The molecule has 172 valence electrons. The number of carbonyl (C=O) groups is 2. The Balaban J connectivity index is 1.42. The van der Waals surface area contributed by atoms with E-state index in [-0.39, 0.29) is 25.0 Å². The predicted octanol–water partition coefficient (Wildman–Crippen LogP) is 2.95. The lowest BCUT2D eigenvalue weighted by Gasteiger charge is -2.21. The van der Waals surface area contributed by atoms with E-state index in [0.717, 1.165) is 6.07 Å². The van der Waals surface area contributed by atoms with Crippen molar-refractivity contribution < 1.29 is 31.9 Å². The Morgan fingerprint density at radius 3 is 2.72 bits per heavy atom. The number of benzene rings is 1. The molecule has 0 saturated carbocycles. The van der Waals surface area contributed by atoms with Gasteiger partial charge in [0.1, 0.15) is 11.9 Å². The van der Waals surface area contributed by atoms with Crippen LogP contribution in [-0.4, -0.2) is 54.1 Å². The van der Waals surface area contributed by atoms with Gasteiger partial charge in [-0.2, -0.15) is 18.3 Å². The second kappa shape index (κ2) is 8.32. The molecular formula is C20H21F4N5O3. The molecule has 2 aliphatic heterocycles. The van der Waals surface area contributed by atoms with Crippen molar-refractivity contribution in [1.29, 1.82) is 0 Å². The zero-order chi connectivity index (χ0) is 23.0. The van der Waals surface area contributed by atoms with Gasteiger partial charge in [0.25, 0.3) is 0 Å². The van der Waals surface area contributed by atoms with Gasteiger partial charge >= 0.3 is 12.3 Å². The van der Waals surface area contributed by atoms with E-state index in [0.29, 0.717) is 30.9 Å². The summed E-state index contributed by atoms with van der Waals surface area (Å²) >= 11 is 0. The molecule has 4 rings (SSSR count). The first-order valence-electron chi connectivity index (χ1n) is 10.0. The van der Waals surface area contributed by atoms with Crippen molar-refractivity contribution in [1.82, 2.24) is 15.1 Å². The van der Waals surface area contributed by atoms with Crippen LogP contribution in [0.3, 0.4) is 0 Å². The van der Waals surface area contributed by atoms with Gasteiger partial charge < -0.3 is 15.0 Å². The monoisotopic (exact) mass is 455 g/mol. The molecule has 8 nitrogen and oxygen atoms in total. The molecule has 2 aromatic rings. The molecule has 0 radical (unpaired) electrons. The number of rotatable bonds is 5. The SMILES string of the molecule is CC(=O)NCC1CN(c2ccc(N3CCC(n4ccc(C(F)(F)F)n4)C3)c(F)c2)C(=O)O1. The van der Waals surface area contributed by atoms with Crippen LogP contribution in [0.4, 0.5) is 33.7 Å². The van der Waals surface area contributed by atoms with E-state index in [1.165, 1.54) is 34.8 Å². The van der Waals surface area contributed by atoms with E-state index in [4.69, 9.17) is 4.74 Å². The molecule has 32 heavy (non-hydrogen) atoms. The summed E-state index contributed by atoms with van der Waals surface area (Å²) in [5, 5.41) is 6.18. The molecule has 1 aromatic heterocycles. The normalized spacial score (nSPS) is 21.2. The molecule has 0 bridgehead atoms. The third-order valence-corrected chi connectivity index (χ3v) is 5.47. The van der Waals surface area contributed by atoms with Crippen molar-refractivity contribution in [3.8, 4) is 0 Å². The van der Waals surface area contributed by atoms with Crippen molar-refractivity contribution in [3.05, 3.63) is 42.0 Å². The minimum atomic E-state index is -4.51. The van der Waals surface area contributed by atoms with E-state index in [9.17, 15) is 27.2 Å². The Bertz CT molecular complexity index is 1020. The fourth-order valence-corrected chi connectivity index (χ4v) is 3.89. The van der Waals surface area contributed by atoms with Crippen LogP contribution in [0, 0.1) is 5.82 Å². The number of halogens is 4. The second-order valence-corrected chi connectivity index (χ2v) is 7.76. The Hall–Kier alpha value is -3.31. The topological polar surface area (TPSA) is 79.7 Å². The minimum absolute atomic E-state index is 0.163. The van der Waals surface area contributed by atoms with Crippen LogP contribution >= 0.6 is 0 Å². The van der Waals surface area contributed by atoms with Crippen LogP contribution in [-0.2, 0) is 15.7 Å². The number of cyclic esters (lactones) is 1. The molecule has 2 aliphatic rings. The first-order chi connectivity index (χ1) is 15.1. The zero-order valence-corrected chi connectivity index (χ0v) is 17.1. The number of aromatic nitrogens is 2. The number of alkyl halides is 3. The van der Waals surface area contributed by atoms with Gasteiger partial charge in [-0.1, -0.05) is 0 Å². The largest absolute Gasteiger partial charge is 0.442 e. The van der Waals surface area contributed by atoms with Gasteiger partial charge in [0, 0.05) is 26.2 Å². The molecule has 2 atom stereocenters. The number of carbonyl (C=O) groups excluding carboxylic acids is 2. The Kier molecular flexibility index (Phi) is 5.70. The van der Waals surface area contributed by atoms with Gasteiger partial charge in [0.2, 0.25) is 5.91 Å². The van der Waals surface area contributed by atoms with Crippen LogP contribution in [0.15, 0.2) is 30.5 Å². The van der Waals surface area contributed by atoms with Crippen LogP contribution in [0.25, 0.3) is 0 Å². The molecular weight excluding hydrogens is 434 g/mol. The summed E-state index contributed by atoms with van der Waals surface area (Å²) in [6.07, 6.45) is -3.88. The predicted molar refractivity (Wildman–Crippen MR) is 106 cm³/mol. The van der Waals surface area contributed by atoms with E-state index in [1.807, 2.05) is 0 Å². The average molecular weight is 455 g/mol. The Labute approximate surface area is 180 Å². The summed E-state index contributed by atoms with van der Waals surface area (Å²) in [4.78, 5) is 26.2. The number of hydrogen-bond acceptors (Lipinski definition) is 5. The molecule has 0 spiro atoms. The van der Waals surface area contributed by atoms with Gasteiger partial charge in [-0.15, -0.1) is 0 Å². The third-order valence-electron chi connectivity index (χ3n) is 5.47. The fraction of sp³-hybridized carbons (Fsp3) is 0.450. The average Bonchev–Trinajstić information content (AvgIpc) is 3.45. The highest BCUT2D eigenvalue weighted by atomic mass is 19.4. The summed E-state index contributed by atoms with van der Waals surface area (Å²) in [6, 6.07) is 4.95. The molecule has 2 unspecified atom stereocenters. The van der Waals surface area contributed by atoms with Gasteiger partial charge in [0.05, 0.1) is 30.5 Å². The van der Waals surface area contributed by atoms with Crippen molar-refractivity contribution in [3.63, 3.8) is 0 Å². The molecule has 12 heteroatoms. The van der Waals surface area contributed by atoms with Crippen molar-refractivity contribution in [2.75, 3.05) is 36.0 Å². The summed E-state index contributed by atoms with van der Waals surface area (Å²) in [6.45, 7) is 2.45. The summed E-state index contributed by atoms with van der Waals surface area (Å²) < 4.78 is 59.7. The fourth-order valence-electron chi connectivity index (χ4n) is 3.89. The molecule has 0 aliphatic carbocycles. The van der Waals surface area contributed by atoms with E-state index >= 15 is 0 Å². The number of nitrogens with zero attached hydrogens (tertiary/aromatic N) is 4. The van der Waals surface area contributed by atoms with Crippen LogP contribution < -0.4 is 15.1 Å². The third kappa shape index (κ3) is 4.48. The van der Waals surface area contributed by atoms with Crippen LogP contribution in [0.2, 0.25) is 0 Å².